The van der Waals surface area contributed by atoms with Gasteiger partial charge in [-0.25, -0.2) is 9.97 Å². The highest BCUT2D eigenvalue weighted by molar-refractivity contribution is 7.99. The molecule has 0 saturated carbocycles. The number of hydrogen-bond donors (Lipinski definition) is 1. The predicted octanol–water partition coefficient (Wildman–Crippen LogP) is 2.27. The van der Waals surface area contributed by atoms with Crippen molar-refractivity contribution >= 4 is 23.6 Å². The number of thioether (sulfide) groups is 1. The molecular formula is C19H22N4O2S. The molecule has 0 spiro atoms. The van der Waals surface area contributed by atoms with Gasteiger partial charge in [0.25, 0.3) is 0 Å². The second kappa shape index (κ2) is 8.31. The summed E-state index contributed by atoms with van der Waals surface area (Å²) < 4.78 is 0. The van der Waals surface area contributed by atoms with Crippen LogP contribution in [0.1, 0.15) is 18.5 Å². The number of aryl methyl sites for hydroxylation is 1. The number of carbonyl (C=O) groups is 2. The molecule has 1 fully saturated rings. The summed E-state index contributed by atoms with van der Waals surface area (Å²) in [6.07, 6.45) is 1.57. The number of piperidine rings is 1. The first kappa shape index (κ1) is 18.4. The van der Waals surface area contributed by atoms with Crippen LogP contribution >= 0.6 is 11.8 Å². The molecule has 1 aromatic heterocycles. The zero-order valence-corrected chi connectivity index (χ0v) is 15.5. The second-order valence-electron chi connectivity index (χ2n) is 6.41. The lowest BCUT2D eigenvalue weighted by atomic mass is 9.97. The summed E-state index contributed by atoms with van der Waals surface area (Å²) in [6, 6.07) is 11.8. The van der Waals surface area contributed by atoms with Crippen LogP contribution in [0.4, 0.5) is 0 Å². The van der Waals surface area contributed by atoms with Crippen molar-refractivity contribution in [1.82, 2.24) is 14.9 Å². The highest BCUT2D eigenvalue weighted by Crippen LogP contribution is 2.23. The lowest BCUT2D eigenvalue weighted by Crippen LogP contribution is -2.44. The molecule has 1 aliphatic rings. The average molecular weight is 370 g/mol. The lowest BCUT2D eigenvalue weighted by molar-refractivity contribution is -0.132. The largest absolute Gasteiger partial charge is 0.369 e. The Morgan fingerprint density at radius 3 is 2.77 bits per heavy atom. The van der Waals surface area contributed by atoms with Gasteiger partial charge in [0.05, 0.1) is 17.4 Å². The number of amides is 2. The Kier molecular flexibility index (Phi) is 5.88. The van der Waals surface area contributed by atoms with Crippen LogP contribution in [0.2, 0.25) is 0 Å². The van der Waals surface area contributed by atoms with Gasteiger partial charge in [-0.1, -0.05) is 42.1 Å². The van der Waals surface area contributed by atoms with Gasteiger partial charge in [0.2, 0.25) is 11.8 Å². The van der Waals surface area contributed by atoms with Crippen molar-refractivity contribution in [1.29, 1.82) is 0 Å². The summed E-state index contributed by atoms with van der Waals surface area (Å²) in [5, 5.41) is 0.584. The topological polar surface area (TPSA) is 89.2 Å². The molecule has 6 nitrogen and oxygen atoms in total. The van der Waals surface area contributed by atoms with E-state index in [1.165, 1.54) is 11.8 Å². The normalized spacial score (nSPS) is 17.1. The third-order valence-electron chi connectivity index (χ3n) is 4.40. The third-order valence-corrected chi connectivity index (χ3v) is 5.24. The Balaban J connectivity index is 1.65. The number of likely N-dealkylation sites (tertiary alicyclic amines) is 1. The third kappa shape index (κ3) is 4.60. The van der Waals surface area contributed by atoms with Gasteiger partial charge in [-0.15, -0.1) is 0 Å². The van der Waals surface area contributed by atoms with E-state index in [4.69, 9.17) is 5.73 Å². The molecule has 1 aromatic carbocycles. The van der Waals surface area contributed by atoms with E-state index in [0.29, 0.717) is 18.2 Å². The number of hydrogen-bond acceptors (Lipinski definition) is 5. The van der Waals surface area contributed by atoms with Crippen LogP contribution in [-0.2, 0) is 9.59 Å². The molecule has 0 radical (unpaired) electrons. The molecule has 2 aromatic rings. The van der Waals surface area contributed by atoms with Crippen molar-refractivity contribution in [2.75, 3.05) is 18.8 Å². The van der Waals surface area contributed by atoms with Gasteiger partial charge in [0.1, 0.15) is 0 Å². The zero-order valence-electron chi connectivity index (χ0n) is 14.7. The molecule has 2 heterocycles. The Bertz CT molecular complexity index is 797. The van der Waals surface area contributed by atoms with E-state index in [9.17, 15) is 9.59 Å². The molecule has 136 valence electrons. The van der Waals surface area contributed by atoms with E-state index >= 15 is 0 Å². The van der Waals surface area contributed by atoms with E-state index in [1.54, 1.807) is 4.90 Å². The van der Waals surface area contributed by atoms with Crippen LogP contribution in [0.3, 0.4) is 0 Å². The Hall–Kier alpha value is -2.41. The molecule has 3 rings (SSSR count). The van der Waals surface area contributed by atoms with E-state index in [-0.39, 0.29) is 23.5 Å². The summed E-state index contributed by atoms with van der Waals surface area (Å²) in [4.78, 5) is 34.6. The quantitative estimate of drug-likeness (QED) is 0.644. The molecule has 26 heavy (non-hydrogen) atoms. The number of carbonyl (C=O) groups excluding carboxylic acids is 2. The molecule has 2 amide bonds. The summed E-state index contributed by atoms with van der Waals surface area (Å²) in [5.41, 5.74) is 8.11. The van der Waals surface area contributed by atoms with Crippen LogP contribution in [0.15, 0.2) is 41.6 Å². The van der Waals surface area contributed by atoms with Crippen molar-refractivity contribution < 1.29 is 9.59 Å². The van der Waals surface area contributed by atoms with Crippen molar-refractivity contribution in [3.63, 3.8) is 0 Å². The monoisotopic (exact) mass is 370 g/mol. The number of primary amides is 1. The van der Waals surface area contributed by atoms with Gasteiger partial charge in [-0.3, -0.25) is 9.59 Å². The van der Waals surface area contributed by atoms with Gasteiger partial charge in [-0.05, 0) is 25.8 Å². The Morgan fingerprint density at radius 1 is 1.27 bits per heavy atom. The molecule has 0 bridgehead atoms. The fourth-order valence-electron chi connectivity index (χ4n) is 3.02. The SMILES string of the molecule is Cc1cc(-c2ccccc2)nc(SCC(=O)N2CCCC(C(N)=O)C2)n1. The molecule has 1 atom stereocenters. The van der Waals surface area contributed by atoms with E-state index in [2.05, 4.69) is 9.97 Å². The molecular weight excluding hydrogens is 348 g/mol. The van der Waals surface area contributed by atoms with E-state index in [1.807, 2.05) is 43.3 Å². The van der Waals surface area contributed by atoms with Gasteiger partial charge in [0.15, 0.2) is 5.16 Å². The maximum atomic E-state index is 12.5. The van der Waals surface area contributed by atoms with Gasteiger partial charge in [-0.2, -0.15) is 0 Å². The number of aromatic nitrogens is 2. The smallest absolute Gasteiger partial charge is 0.233 e. The molecule has 1 unspecified atom stereocenters. The first-order valence-corrected chi connectivity index (χ1v) is 9.62. The second-order valence-corrected chi connectivity index (χ2v) is 7.36. The maximum absolute atomic E-state index is 12.5. The number of benzene rings is 1. The van der Waals surface area contributed by atoms with E-state index < -0.39 is 0 Å². The molecule has 1 aliphatic heterocycles. The number of rotatable bonds is 5. The van der Waals surface area contributed by atoms with Crippen LogP contribution in [-0.4, -0.2) is 45.5 Å². The van der Waals surface area contributed by atoms with Gasteiger partial charge < -0.3 is 10.6 Å². The van der Waals surface area contributed by atoms with Crippen molar-refractivity contribution in [3.8, 4) is 11.3 Å². The Labute approximate surface area is 157 Å². The van der Waals surface area contributed by atoms with Crippen LogP contribution < -0.4 is 5.73 Å². The summed E-state index contributed by atoms with van der Waals surface area (Å²) in [5.74, 6) is -0.321. The maximum Gasteiger partial charge on any atom is 0.233 e. The van der Waals surface area contributed by atoms with Crippen LogP contribution in [0, 0.1) is 12.8 Å². The fraction of sp³-hybridized carbons (Fsp3) is 0.368. The molecule has 1 saturated heterocycles. The van der Waals surface area contributed by atoms with Crippen molar-refractivity contribution in [3.05, 3.63) is 42.1 Å². The Morgan fingerprint density at radius 2 is 2.04 bits per heavy atom. The van der Waals surface area contributed by atoms with Crippen molar-refractivity contribution in [2.45, 2.75) is 24.9 Å². The molecule has 0 aliphatic carbocycles. The number of nitrogens with zero attached hydrogens (tertiary/aromatic N) is 3. The first-order valence-electron chi connectivity index (χ1n) is 8.64. The summed E-state index contributed by atoms with van der Waals surface area (Å²) >= 11 is 1.33. The van der Waals surface area contributed by atoms with E-state index in [0.717, 1.165) is 29.8 Å². The molecule has 2 N–H and O–H groups in total. The minimum absolute atomic E-state index is 0.00711. The van der Waals surface area contributed by atoms with Crippen molar-refractivity contribution in [2.24, 2.45) is 11.7 Å². The highest BCUT2D eigenvalue weighted by atomic mass is 32.2. The lowest BCUT2D eigenvalue weighted by Gasteiger charge is -2.31. The number of nitrogens with two attached hydrogens (primary N) is 1. The van der Waals surface area contributed by atoms with Gasteiger partial charge in [0, 0.05) is 24.3 Å². The first-order chi connectivity index (χ1) is 12.5. The summed E-state index contributed by atoms with van der Waals surface area (Å²) in [6.45, 7) is 3.01. The molecule has 7 heteroatoms. The fourth-order valence-corrected chi connectivity index (χ4v) is 3.82. The van der Waals surface area contributed by atoms with Gasteiger partial charge >= 0.3 is 0 Å². The van der Waals surface area contributed by atoms with Crippen LogP contribution in [0.25, 0.3) is 11.3 Å². The minimum Gasteiger partial charge on any atom is -0.369 e. The summed E-state index contributed by atoms with van der Waals surface area (Å²) in [7, 11) is 0. The predicted molar refractivity (Wildman–Crippen MR) is 101 cm³/mol. The standard InChI is InChI=1S/C19H22N4O2S/c1-13-10-16(14-6-3-2-4-7-14)22-19(21-13)26-12-17(24)23-9-5-8-15(11-23)18(20)25/h2-4,6-7,10,15H,5,8-9,11-12H2,1H3,(H2,20,25). The minimum atomic E-state index is -0.329. The average Bonchev–Trinajstić information content (AvgIpc) is 2.66. The van der Waals surface area contributed by atoms with Crippen LogP contribution in [0.5, 0.6) is 0 Å². The zero-order chi connectivity index (χ0) is 18.5. The highest BCUT2D eigenvalue weighted by Gasteiger charge is 2.27.